The van der Waals surface area contributed by atoms with Crippen LogP contribution in [0.5, 0.6) is 0 Å². The normalized spacial score (nSPS) is 21.0. The molecule has 114 valence electrons. The molecule has 0 aliphatic heterocycles. The van der Waals surface area contributed by atoms with Crippen LogP contribution in [0.4, 0.5) is 4.79 Å². The summed E-state index contributed by atoms with van der Waals surface area (Å²) < 4.78 is 0. The van der Waals surface area contributed by atoms with Gasteiger partial charge in [-0.2, -0.15) is 0 Å². The average molecular weight is 292 g/mol. The van der Waals surface area contributed by atoms with Crippen molar-refractivity contribution in [3.63, 3.8) is 0 Å². The van der Waals surface area contributed by atoms with E-state index in [0.29, 0.717) is 13.1 Å². The van der Waals surface area contributed by atoms with Gasteiger partial charge in [0.2, 0.25) is 0 Å². The molecule has 0 unspecified atom stereocenters. The first-order valence-electron chi connectivity index (χ1n) is 7.08. The first-order valence-corrected chi connectivity index (χ1v) is 7.08. The van der Waals surface area contributed by atoms with Gasteiger partial charge in [-0.05, 0) is 30.5 Å². The number of carbonyl (C=O) groups excluding carboxylic acids is 1. The third kappa shape index (κ3) is 4.46. The summed E-state index contributed by atoms with van der Waals surface area (Å²) in [6.07, 6.45) is 2.45. The third-order valence-electron chi connectivity index (χ3n) is 3.80. The quantitative estimate of drug-likeness (QED) is 0.658. The summed E-state index contributed by atoms with van der Waals surface area (Å²) in [7, 11) is 0. The van der Waals surface area contributed by atoms with E-state index < -0.39 is 5.97 Å². The Kier molecular flexibility index (Phi) is 5.16. The van der Waals surface area contributed by atoms with Gasteiger partial charge in [-0.1, -0.05) is 18.6 Å². The fraction of sp³-hybridized carbons (Fsp3) is 0.467. The zero-order valence-corrected chi connectivity index (χ0v) is 11.7. The lowest BCUT2D eigenvalue weighted by molar-refractivity contribution is 0.0696. The van der Waals surface area contributed by atoms with Gasteiger partial charge in [0, 0.05) is 19.0 Å². The molecule has 6 heteroatoms. The Labute approximate surface area is 123 Å². The minimum Gasteiger partial charge on any atom is -0.478 e. The molecule has 2 amide bonds. The molecule has 1 aliphatic carbocycles. The van der Waals surface area contributed by atoms with E-state index in [9.17, 15) is 14.7 Å². The van der Waals surface area contributed by atoms with Gasteiger partial charge in [0.15, 0.2) is 0 Å². The van der Waals surface area contributed by atoms with Gasteiger partial charge in [0.1, 0.15) is 0 Å². The van der Waals surface area contributed by atoms with Gasteiger partial charge < -0.3 is 20.8 Å². The Bertz CT molecular complexity index is 501. The van der Waals surface area contributed by atoms with Crippen molar-refractivity contribution in [2.24, 2.45) is 5.92 Å². The zero-order chi connectivity index (χ0) is 15.2. The Balaban J connectivity index is 1.72. The number of aliphatic hydroxyl groups is 1. The smallest absolute Gasteiger partial charge is 0.335 e. The van der Waals surface area contributed by atoms with Crippen LogP contribution in [0.1, 0.15) is 35.2 Å². The fourth-order valence-corrected chi connectivity index (χ4v) is 2.49. The van der Waals surface area contributed by atoms with Crippen LogP contribution < -0.4 is 10.6 Å². The third-order valence-corrected chi connectivity index (χ3v) is 3.80. The lowest BCUT2D eigenvalue weighted by atomic mass is 10.1. The van der Waals surface area contributed by atoms with Crippen LogP contribution >= 0.6 is 0 Å². The van der Waals surface area contributed by atoms with Crippen LogP contribution in [0.3, 0.4) is 0 Å². The molecule has 1 saturated carbocycles. The van der Waals surface area contributed by atoms with Crippen molar-refractivity contribution in [2.45, 2.75) is 31.9 Å². The number of urea groups is 1. The molecule has 2 atom stereocenters. The van der Waals surface area contributed by atoms with E-state index in [1.54, 1.807) is 12.1 Å². The van der Waals surface area contributed by atoms with E-state index in [-0.39, 0.29) is 23.6 Å². The van der Waals surface area contributed by atoms with Gasteiger partial charge in [-0.25, -0.2) is 9.59 Å². The fourth-order valence-electron chi connectivity index (χ4n) is 2.49. The maximum Gasteiger partial charge on any atom is 0.335 e. The number of rotatable bonds is 5. The molecule has 4 N–H and O–H groups in total. The maximum atomic E-state index is 11.7. The first kappa shape index (κ1) is 15.3. The molecular formula is C15H20N2O4. The molecule has 21 heavy (non-hydrogen) atoms. The number of hydrogen-bond acceptors (Lipinski definition) is 3. The number of aromatic carboxylic acids is 1. The van der Waals surface area contributed by atoms with E-state index in [0.717, 1.165) is 24.8 Å². The molecule has 1 aliphatic rings. The number of nitrogens with one attached hydrogen (secondary N) is 2. The number of hydrogen-bond donors (Lipinski definition) is 4. The average Bonchev–Trinajstić information content (AvgIpc) is 2.88. The predicted octanol–water partition coefficient (Wildman–Crippen LogP) is 1.35. The molecule has 1 aromatic carbocycles. The van der Waals surface area contributed by atoms with Crippen LogP contribution in [-0.4, -0.2) is 34.9 Å². The van der Waals surface area contributed by atoms with Crippen molar-refractivity contribution in [3.05, 3.63) is 35.4 Å². The topological polar surface area (TPSA) is 98.7 Å². The van der Waals surface area contributed by atoms with Crippen molar-refractivity contribution < 1.29 is 19.8 Å². The summed E-state index contributed by atoms with van der Waals surface area (Å²) in [4.78, 5) is 22.4. The van der Waals surface area contributed by atoms with Gasteiger partial charge in [0.05, 0.1) is 11.7 Å². The molecule has 0 aromatic heterocycles. The lowest BCUT2D eigenvalue weighted by Gasteiger charge is -2.15. The SMILES string of the molecule is O=C(NCc1ccc(C(=O)O)cc1)NC[C@@H]1CCC[C@H]1O. The number of benzene rings is 1. The number of aliphatic hydroxyl groups excluding tert-OH is 1. The number of carboxylic acid groups (broad SMARTS) is 1. The number of carbonyl (C=O) groups is 2. The van der Waals surface area contributed by atoms with Crippen LogP contribution in [0.2, 0.25) is 0 Å². The van der Waals surface area contributed by atoms with Gasteiger partial charge in [-0.3, -0.25) is 0 Å². The second-order valence-electron chi connectivity index (χ2n) is 5.32. The summed E-state index contributed by atoms with van der Waals surface area (Å²) in [6.45, 7) is 0.809. The van der Waals surface area contributed by atoms with E-state index in [1.807, 2.05) is 0 Å². The van der Waals surface area contributed by atoms with Crippen molar-refractivity contribution in [1.82, 2.24) is 10.6 Å². The van der Waals surface area contributed by atoms with Crippen LogP contribution in [0, 0.1) is 5.92 Å². The highest BCUT2D eigenvalue weighted by molar-refractivity contribution is 5.87. The van der Waals surface area contributed by atoms with Crippen molar-refractivity contribution in [2.75, 3.05) is 6.54 Å². The Morgan fingerprint density at radius 2 is 1.86 bits per heavy atom. The molecule has 0 heterocycles. The number of amides is 2. The molecule has 2 rings (SSSR count). The van der Waals surface area contributed by atoms with E-state index in [2.05, 4.69) is 10.6 Å². The highest BCUT2D eigenvalue weighted by Crippen LogP contribution is 2.24. The Morgan fingerprint density at radius 3 is 2.43 bits per heavy atom. The summed E-state index contributed by atoms with van der Waals surface area (Å²) >= 11 is 0. The molecule has 0 saturated heterocycles. The molecule has 1 aromatic rings. The summed E-state index contributed by atoms with van der Waals surface area (Å²) in [6, 6.07) is 6.07. The Hall–Kier alpha value is -2.08. The molecular weight excluding hydrogens is 272 g/mol. The first-order chi connectivity index (χ1) is 10.1. The van der Waals surface area contributed by atoms with E-state index in [1.165, 1.54) is 12.1 Å². The second-order valence-corrected chi connectivity index (χ2v) is 5.32. The summed E-state index contributed by atoms with van der Waals surface area (Å²) in [5, 5.41) is 23.9. The zero-order valence-electron chi connectivity index (χ0n) is 11.7. The van der Waals surface area contributed by atoms with Crippen molar-refractivity contribution in [3.8, 4) is 0 Å². The van der Waals surface area contributed by atoms with Gasteiger partial charge in [-0.15, -0.1) is 0 Å². The summed E-state index contributed by atoms with van der Waals surface area (Å²) in [5.41, 5.74) is 1.05. The lowest BCUT2D eigenvalue weighted by Crippen LogP contribution is -2.39. The van der Waals surface area contributed by atoms with Crippen LogP contribution in [0.25, 0.3) is 0 Å². The van der Waals surface area contributed by atoms with Gasteiger partial charge in [0.25, 0.3) is 0 Å². The van der Waals surface area contributed by atoms with Crippen molar-refractivity contribution in [1.29, 1.82) is 0 Å². The van der Waals surface area contributed by atoms with Gasteiger partial charge >= 0.3 is 12.0 Å². The molecule has 0 radical (unpaired) electrons. The highest BCUT2D eigenvalue weighted by Gasteiger charge is 2.25. The summed E-state index contributed by atoms with van der Waals surface area (Å²) in [5.74, 6) is -0.826. The van der Waals surface area contributed by atoms with E-state index >= 15 is 0 Å². The van der Waals surface area contributed by atoms with E-state index in [4.69, 9.17) is 5.11 Å². The number of carboxylic acids is 1. The highest BCUT2D eigenvalue weighted by atomic mass is 16.4. The standard InChI is InChI=1S/C15H20N2O4/c18-13-3-1-2-12(13)9-17-15(21)16-8-10-4-6-11(7-5-10)14(19)20/h4-7,12-13,18H,1-3,8-9H2,(H,19,20)(H2,16,17,21)/t12-,13+/m0/s1. The minimum atomic E-state index is -0.970. The second kappa shape index (κ2) is 7.08. The monoisotopic (exact) mass is 292 g/mol. The van der Waals surface area contributed by atoms with Crippen molar-refractivity contribution >= 4 is 12.0 Å². The largest absolute Gasteiger partial charge is 0.478 e. The molecule has 6 nitrogen and oxygen atoms in total. The van der Waals surface area contributed by atoms with Crippen LogP contribution in [-0.2, 0) is 6.54 Å². The minimum absolute atomic E-state index is 0.144. The molecule has 1 fully saturated rings. The molecule has 0 spiro atoms. The Morgan fingerprint density at radius 1 is 1.14 bits per heavy atom. The maximum absolute atomic E-state index is 11.7. The molecule has 0 bridgehead atoms. The van der Waals surface area contributed by atoms with Crippen LogP contribution in [0.15, 0.2) is 24.3 Å². The predicted molar refractivity (Wildman–Crippen MR) is 77.0 cm³/mol.